The van der Waals surface area contributed by atoms with Gasteiger partial charge in [-0.3, -0.25) is 4.68 Å². The molecule has 1 atom stereocenters. The van der Waals surface area contributed by atoms with E-state index in [1.54, 1.807) is 0 Å². The van der Waals surface area contributed by atoms with Crippen LogP contribution in [0.3, 0.4) is 0 Å². The Hall–Kier alpha value is -1.81. The number of hydrogen-bond acceptors (Lipinski definition) is 3. The third-order valence-corrected chi connectivity index (χ3v) is 3.15. The van der Waals surface area contributed by atoms with Crippen LogP contribution >= 0.6 is 0 Å². The molecule has 1 aliphatic rings. The van der Waals surface area contributed by atoms with Crippen LogP contribution in [0, 0.1) is 0 Å². The zero-order valence-corrected chi connectivity index (χ0v) is 9.76. The second-order valence-electron chi connectivity index (χ2n) is 4.23. The van der Waals surface area contributed by atoms with Crippen LogP contribution < -0.4 is 10.1 Å². The summed E-state index contributed by atoms with van der Waals surface area (Å²) in [6, 6.07) is 10.5. The van der Waals surface area contributed by atoms with E-state index in [1.807, 2.05) is 42.2 Å². The summed E-state index contributed by atoms with van der Waals surface area (Å²) in [6.07, 6.45) is 1.82. The molecule has 0 bridgehead atoms. The van der Waals surface area contributed by atoms with Gasteiger partial charge in [0.15, 0.2) is 0 Å². The van der Waals surface area contributed by atoms with Crippen LogP contribution in [0.15, 0.2) is 36.5 Å². The maximum absolute atomic E-state index is 5.63. The molecule has 2 aromatic rings. The van der Waals surface area contributed by atoms with Crippen molar-refractivity contribution in [3.05, 3.63) is 47.8 Å². The fourth-order valence-electron chi connectivity index (χ4n) is 2.13. The van der Waals surface area contributed by atoms with Crippen molar-refractivity contribution in [2.24, 2.45) is 7.05 Å². The summed E-state index contributed by atoms with van der Waals surface area (Å²) in [7, 11) is 1.95. The Labute approximate surface area is 100 Å². The summed E-state index contributed by atoms with van der Waals surface area (Å²) in [5.74, 6) is 0.995. The van der Waals surface area contributed by atoms with Gasteiger partial charge in [0.05, 0.1) is 11.7 Å². The normalized spacial score (nSPS) is 17.8. The number of para-hydroxylation sites is 1. The van der Waals surface area contributed by atoms with Gasteiger partial charge in [0.1, 0.15) is 12.4 Å². The van der Waals surface area contributed by atoms with E-state index in [0.29, 0.717) is 6.61 Å². The van der Waals surface area contributed by atoms with E-state index >= 15 is 0 Å². The van der Waals surface area contributed by atoms with Gasteiger partial charge < -0.3 is 10.1 Å². The van der Waals surface area contributed by atoms with Crippen LogP contribution in [-0.4, -0.2) is 16.4 Å². The minimum atomic E-state index is 0.279. The van der Waals surface area contributed by atoms with Gasteiger partial charge in [-0.25, -0.2) is 0 Å². The van der Waals surface area contributed by atoms with Gasteiger partial charge in [0.2, 0.25) is 0 Å². The van der Waals surface area contributed by atoms with Gasteiger partial charge in [-0.2, -0.15) is 5.10 Å². The zero-order valence-electron chi connectivity index (χ0n) is 9.76. The van der Waals surface area contributed by atoms with Gasteiger partial charge in [0.25, 0.3) is 0 Å². The molecule has 2 heterocycles. The lowest BCUT2D eigenvalue weighted by Gasteiger charge is -2.11. The number of nitrogens with one attached hydrogen (secondary N) is 1. The number of ether oxygens (including phenoxy) is 1. The Morgan fingerprint density at radius 1 is 1.41 bits per heavy atom. The highest BCUT2D eigenvalue weighted by Gasteiger charge is 2.22. The topological polar surface area (TPSA) is 39.1 Å². The largest absolute Gasteiger partial charge is 0.491 e. The Morgan fingerprint density at radius 3 is 3.12 bits per heavy atom. The number of benzene rings is 1. The highest BCUT2D eigenvalue weighted by molar-refractivity contribution is 5.39. The average Bonchev–Trinajstić information content (AvgIpc) is 2.93. The Balaban J connectivity index is 1.70. The predicted octanol–water partition coefficient (Wildman–Crippen LogP) is 1.64. The molecule has 88 valence electrons. The molecule has 3 rings (SSSR count). The summed E-state index contributed by atoms with van der Waals surface area (Å²) >= 11 is 0. The molecule has 0 saturated carbocycles. The smallest absolute Gasteiger partial charge is 0.124 e. The fraction of sp³-hybridized carbons (Fsp3) is 0.308. The van der Waals surface area contributed by atoms with E-state index in [9.17, 15) is 0 Å². The molecule has 0 spiro atoms. The van der Waals surface area contributed by atoms with Gasteiger partial charge in [-0.15, -0.1) is 0 Å². The number of fused-ring (bicyclic) bond motifs is 1. The molecule has 0 saturated heterocycles. The van der Waals surface area contributed by atoms with Crippen molar-refractivity contribution in [3.8, 4) is 5.75 Å². The second-order valence-corrected chi connectivity index (χ2v) is 4.23. The number of aromatic nitrogens is 2. The lowest BCUT2D eigenvalue weighted by molar-refractivity contribution is 0.309. The molecule has 1 aromatic heterocycles. The van der Waals surface area contributed by atoms with E-state index in [0.717, 1.165) is 12.3 Å². The molecular weight excluding hydrogens is 214 g/mol. The summed E-state index contributed by atoms with van der Waals surface area (Å²) in [4.78, 5) is 0. The Morgan fingerprint density at radius 2 is 2.29 bits per heavy atom. The second kappa shape index (κ2) is 4.22. The first-order valence-electron chi connectivity index (χ1n) is 5.76. The molecular formula is C13H15N3O. The maximum Gasteiger partial charge on any atom is 0.124 e. The Bertz CT molecular complexity index is 521. The quantitative estimate of drug-likeness (QED) is 0.869. The molecule has 1 N–H and O–H groups in total. The molecule has 0 fully saturated rings. The van der Waals surface area contributed by atoms with Crippen LogP contribution in [0.4, 0.5) is 0 Å². The minimum absolute atomic E-state index is 0.279. The van der Waals surface area contributed by atoms with Crippen LogP contribution in [0.25, 0.3) is 0 Å². The monoisotopic (exact) mass is 229 g/mol. The SMILES string of the molecule is Cn1nccc1CNC1COc2ccccc21. The number of nitrogens with zero attached hydrogens (tertiary/aromatic N) is 2. The molecule has 4 nitrogen and oxygen atoms in total. The van der Waals surface area contributed by atoms with Gasteiger partial charge in [0, 0.05) is 25.4 Å². The van der Waals surface area contributed by atoms with E-state index in [-0.39, 0.29) is 6.04 Å². The van der Waals surface area contributed by atoms with Crippen molar-refractivity contribution in [3.63, 3.8) is 0 Å². The number of hydrogen-bond donors (Lipinski definition) is 1. The Kier molecular flexibility index (Phi) is 2.57. The van der Waals surface area contributed by atoms with Crippen molar-refractivity contribution in [2.45, 2.75) is 12.6 Å². The van der Waals surface area contributed by atoms with Gasteiger partial charge in [-0.1, -0.05) is 18.2 Å². The lowest BCUT2D eigenvalue weighted by Crippen LogP contribution is -2.23. The fourth-order valence-corrected chi connectivity index (χ4v) is 2.13. The minimum Gasteiger partial charge on any atom is -0.491 e. The first-order chi connectivity index (χ1) is 8.34. The lowest BCUT2D eigenvalue weighted by atomic mass is 10.1. The first kappa shape index (κ1) is 10.4. The molecule has 1 aromatic carbocycles. The van der Waals surface area contributed by atoms with Crippen LogP contribution in [0.5, 0.6) is 5.75 Å². The van der Waals surface area contributed by atoms with Crippen LogP contribution in [0.1, 0.15) is 17.3 Å². The summed E-state index contributed by atoms with van der Waals surface area (Å²) in [5.41, 5.74) is 2.42. The van der Waals surface area contributed by atoms with Crippen LogP contribution in [-0.2, 0) is 13.6 Å². The number of aryl methyl sites for hydroxylation is 1. The predicted molar refractivity (Wildman–Crippen MR) is 64.7 cm³/mol. The van der Waals surface area contributed by atoms with E-state index in [4.69, 9.17) is 4.74 Å². The highest BCUT2D eigenvalue weighted by atomic mass is 16.5. The van der Waals surface area contributed by atoms with E-state index < -0.39 is 0 Å². The summed E-state index contributed by atoms with van der Waals surface area (Å²) in [6.45, 7) is 1.51. The molecule has 0 radical (unpaired) electrons. The standard InChI is InChI=1S/C13H15N3O/c1-16-10(6-7-15-16)8-14-12-9-17-13-5-3-2-4-11(12)13/h2-7,12,14H,8-9H2,1H3. The molecule has 1 unspecified atom stereocenters. The van der Waals surface area contributed by atoms with Gasteiger partial charge >= 0.3 is 0 Å². The van der Waals surface area contributed by atoms with Crippen molar-refractivity contribution in [1.82, 2.24) is 15.1 Å². The highest BCUT2D eigenvalue weighted by Crippen LogP contribution is 2.31. The first-order valence-corrected chi connectivity index (χ1v) is 5.76. The molecule has 0 amide bonds. The summed E-state index contributed by atoms with van der Waals surface area (Å²) < 4.78 is 7.51. The van der Waals surface area contributed by atoms with E-state index in [2.05, 4.69) is 16.5 Å². The number of rotatable bonds is 3. The third kappa shape index (κ3) is 1.91. The van der Waals surface area contributed by atoms with Crippen molar-refractivity contribution < 1.29 is 4.74 Å². The average molecular weight is 229 g/mol. The molecule has 17 heavy (non-hydrogen) atoms. The van der Waals surface area contributed by atoms with Crippen molar-refractivity contribution >= 4 is 0 Å². The third-order valence-electron chi connectivity index (χ3n) is 3.15. The summed E-state index contributed by atoms with van der Waals surface area (Å²) in [5, 5.41) is 7.65. The van der Waals surface area contributed by atoms with Crippen molar-refractivity contribution in [2.75, 3.05) is 6.61 Å². The molecule has 0 aliphatic carbocycles. The molecule has 1 aliphatic heterocycles. The van der Waals surface area contributed by atoms with Crippen molar-refractivity contribution in [1.29, 1.82) is 0 Å². The zero-order chi connectivity index (χ0) is 11.7. The maximum atomic E-state index is 5.63. The van der Waals surface area contributed by atoms with E-state index in [1.165, 1.54) is 11.3 Å². The van der Waals surface area contributed by atoms with Gasteiger partial charge in [-0.05, 0) is 12.1 Å². The van der Waals surface area contributed by atoms with Crippen LogP contribution in [0.2, 0.25) is 0 Å². The molecule has 4 heteroatoms.